The maximum absolute atomic E-state index is 12.8. The van der Waals surface area contributed by atoms with Crippen LogP contribution in [-0.2, 0) is 9.59 Å². The average molecular weight is 300 g/mol. The van der Waals surface area contributed by atoms with Crippen LogP contribution < -0.4 is 11.1 Å². The van der Waals surface area contributed by atoms with Crippen molar-refractivity contribution in [2.75, 3.05) is 5.32 Å². The number of carbonyl (C=O) groups excluding carboxylic acids is 2. The van der Waals surface area contributed by atoms with Crippen molar-refractivity contribution in [3.05, 3.63) is 29.8 Å². The molecule has 4 unspecified atom stereocenters. The Morgan fingerprint density at radius 3 is 2.18 bits per heavy atom. The van der Waals surface area contributed by atoms with Crippen molar-refractivity contribution >= 4 is 17.5 Å². The number of primary amides is 1. The van der Waals surface area contributed by atoms with Crippen molar-refractivity contribution in [2.45, 2.75) is 33.6 Å². The largest absolute Gasteiger partial charge is 0.369 e. The van der Waals surface area contributed by atoms with Gasteiger partial charge in [0.15, 0.2) is 0 Å². The highest BCUT2D eigenvalue weighted by Gasteiger charge is 2.62. The van der Waals surface area contributed by atoms with Gasteiger partial charge in [0.2, 0.25) is 11.8 Å². The number of anilines is 1. The van der Waals surface area contributed by atoms with Crippen LogP contribution in [0, 0.1) is 36.0 Å². The first-order valence-corrected chi connectivity index (χ1v) is 7.99. The van der Waals surface area contributed by atoms with Gasteiger partial charge < -0.3 is 11.1 Å². The third-order valence-corrected chi connectivity index (χ3v) is 5.90. The lowest BCUT2D eigenvalue weighted by Crippen LogP contribution is -2.40. The molecule has 0 spiro atoms. The van der Waals surface area contributed by atoms with Crippen molar-refractivity contribution in [3.63, 3.8) is 0 Å². The van der Waals surface area contributed by atoms with Crippen LogP contribution in [0.5, 0.6) is 0 Å². The van der Waals surface area contributed by atoms with Crippen molar-refractivity contribution in [3.8, 4) is 0 Å². The van der Waals surface area contributed by atoms with Crippen molar-refractivity contribution < 1.29 is 9.59 Å². The molecule has 0 heterocycles. The third kappa shape index (κ3) is 2.21. The average Bonchev–Trinajstić information content (AvgIpc) is 2.87. The summed E-state index contributed by atoms with van der Waals surface area (Å²) in [6.45, 7) is 6.35. The molecule has 3 rings (SSSR count). The van der Waals surface area contributed by atoms with E-state index < -0.39 is 0 Å². The molecule has 2 bridgehead atoms. The summed E-state index contributed by atoms with van der Waals surface area (Å²) in [5.41, 5.74) is 7.56. The summed E-state index contributed by atoms with van der Waals surface area (Å²) in [5.74, 6) is -0.562. The SMILES string of the molecule is Cc1ccc(NC(=O)C2C(C(N)=O)C3CCC2C3(C)C)cc1. The number of rotatable bonds is 3. The van der Waals surface area contributed by atoms with E-state index in [1.165, 1.54) is 0 Å². The number of aryl methyl sites for hydroxylation is 1. The maximum Gasteiger partial charge on any atom is 0.228 e. The Hall–Kier alpha value is -1.84. The molecule has 0 aliphatic heterocycles. The molecule has 2 amide bonds. The summed E-state index contributed by atoms with van der Waals surface area (Å²) in [6.07, 6.45) is 2.01. The molecule has 22 heavy (non-hydrogen) atoms. The molecule has 4 heteroatoms. The molecule has 118 valence electrons. The Morgan fingerprint density at radius 2 is 1.64 bits per heavy atom. The molecule has 4 atom stereocenters. The molecule has 0 radical (unpaired) electrons. The molecule has 2 aliphatic carbocycles. The lowest BCUT2D eigenvalue weighted by Gasteiger charge is -2.27. The molecular formula is C18H24N2O2. The lowest BCUT2D eigenvalue weighted by atomic mass is 9.78. The van der Waals surface area contributed by atoms with Crippen LogP contribution in [0.1, 0.15) is 32.3 Å². The van der Waals surface area contributed by atoms with Crippen LogP contribution in [0.2, 0.25) is 0 Å². The summed E-state index contributed by atoms with van der Waals surface area (Å²) in [4.78, 5) is 24.7. The molecule has 2 saturated carbocycles. The van der Waals surface area contributed by atoms with E-state index in [0.717, 1.165) is 24.1 Å². The first-order valence-electron chi connectivity index (χ1n) is 7.99. The summed E-state index contributed by atoms with van der Waals surface area (Å²) < 4.78 is 0. The van der Waals surface area contributed by atoms with E-state index in [-0.39, 0.29) is 40.9 Å². The predicted molar refractivity (Wildman–Crippen MR) is 86.0 cm³/mol. The van der Waals surface area contributed by atoms with Crippen LogP contribution in [0.3, 0.4) is 0 Å². The Morgan fingerprint density at radius 1 is 1.09 bits per heavy atom. The second-order valence-electron chi connectivity index (χ2n) is 7.42. The Bertz CT molecular complexity index is 606. The number of nitrogens with two attached hydrogens (primary N) is 1. The van der Waals surface area contributed by atoms with Gasteiger partial charge in [0, 0.05) is 5.69 Å². The van der Waals surface area contributed by atoms with Gasteiger partial charge in [0.1, 0.15) is 0 Å². The first kappa shape index (κ1) is 15.1. The summed E-state index contributed by atoms with van der Waals surface area (Å²) in [6, 6.07) is 7.72. The minimum Gasteiger partial charge on any atom is -0.369 e. The van der Waals surface area contributed by atoms with Crippen LogP contribution in [0.4, 0.5) is 5.69 Å². The normalized spacial score (nSPS) is 32.0. The van der Waals surface area contributed by atoms with Gasteiger partial charge in [0.05, 0.1) is 11.8 Å². The van der Waals surface area contributed by atoms with Crippen LogP contribution in [-0.4, -0.2) is 11.8 Å². The van der Waals surface area contributed by atoms with Gasteiger partial charge in [-0.05, 0) is 49.1 Å². The first-order chi connectivity index (χ1) is 10.3. The third-order valence-electron chi connectivity index (χ3n) is 5.90. The number of fused-ring (bicyclic) bond motifs is 2. The van der Waals surface area contributed by atoms with Gasteiger partial charge in [-0.15, -0.1) is 0 Å². The zero-order valence-corrected chi connectivity index (χ0v) is 13.4. The van der Waals surface area contributed by atoms with E-state index in [2.05, 4.69) is 19.2 Å². The van der Waals surface area contributed by atoms with Crippen molar-refractivity contribution in [2.24, 2.45) is 34.8 Å². The van der Waals surface area contributed by atoms with E-state index in [1.807, 2.05) is 31.2 Å². The number of benzene rings is 1. The molecule has 2 aliphatic rings. The lowest BCUT2D eigenvalue weighted by molar-refractivity contribution is -0.132. The molecule has 1 aromatic carbocycles. The molecule has 3 N–H and O–H groups in total. The van der Waals surface area contributed by atoms with E-state index in [4.69, 9.17) is 5.73 Å². The van der Waals surface area contributed by atoms with Crippen molar-refractivity contribution in [1.29, 1.82) is 0 Å². The zero-order valence-electron chi connectivity index (χ0n) is 13.4. The van der Waals surface area contributed by atoms with E-state index in [9.17, 15) is 9.59 Å². The van der Waals surface area contributed by atoms with Gasteiger partial charge >= 0.3 is 0 Å². The second kappa shape index (κ2) is 5.11. The van der Waals surface area contributed by atoms with Crippen molar-refractivity contribution in [1.82, 2.24) is 0 Å². The van der Waals surface area contributed by atoms with E-state index in [1.54, 1.807) is 0 Å². The van der Waals surface area contributed by atoms with Gasteiger partial charge in [-0.25, -0.2) is 0 Å². The highest BCUT2D eigenvalue weighted by Crippen LogP contribution is 2.63. The second-order valence-corrected chi connectivity index (χ2v) is 7.42. The number of nitrogens with one attached hydrogen (secondary N) is 1. The number of hydrogen-bond acceptors (Lipinski definition) is 2. The fourth-order valence-corrected chi connectivity index (χ4v) is 4.75. The van der Waals surface area contributed by atoms with E-state index >= 15 is 0 Å². The number of hydrogen-bond donors (Lipinski definition) is 2. The van der Waals surface area contributed by atoms with Gasteiger partial charge in [0.25, 0.3) is 0 Å². The van der Waals surface area contributed by atoms with Crippen LogP contribution in [0.25, 0.3) is 0 Å². The predicted octanol–water partition coefficient (Wildman–Crippen LogP) is 2.72. The Balaban J connectivity index is 1.84. The number of amides is 2. The smallest absolute Gasteiger partial charge is 0.228 e. The fourth-order valence-electron chi connectivity index (χ4n) is 4.75. The molecule has 1 aromatic rings. The van der Waals surface area contributed by atoms with Crippen LogP contribution in [0.15, 0.2) is 24.3 Å². The highest BCUT2D eigenvalue weighted by molar-refractivity contribution is 5.97. The standard InChI is InChI=1S/C18H24N2O2/c1-10-4-6-11(7-5-10)20-17(22)15-13-9-8-12(18(13,2)3)14(15)16(19)21/h4-7,12-15H,8-9H2,1-3H3,(H2,19,21)(H,20,22). The minimum absolute atomic E-state index is 0.00891. The summed E-state index contributed by atoms with van der Waals surface area (Å²) >= 11 is 0. The molecule has 0 aromatic heterocycles. The monoisotopic (exact) mass is 300 g/mol. The minimum atomic E-state index is -0.334. The Labute approximate surface area is 131 Å². The van der Waals surface area contributed by atoms with Gasteiger partial charge in [-0.2, -0.15) is 0 Å². The highest BCUT2D eigenvalue weighted by atomic mass is 16.2. The molecular weight excluding hydrogens is 276 g/mol. The molecule has 4 nitrogen and oxygen atoms in total. The van der Waals surface area contributed by atoms with Gasteiger partial charge in [-0.1, -0.05) is 31.5 Å². The molecule has 2 fully saturated rings. The maximum atomic E-state index is 12.8. The van der Waals surface area contributed by atoms with Crippen LogP contribution >= 0.6 is 0 Å². The quantitative estimate of drug-likeness (QED) is 0.901. The fraction of sp³-hybridized carbons (Fsp3) is 0.556. The Kier molecular flexibility index (Phi) is 3.50. The van der Waals surface area contributed by atoms with Gasteiger partial charge in [-0.3, -0.25) is 9.59 Å². The van der Waals surface area contributed by atoms with E-state index in [0.29, 0.717) is 0 Å². The molecule has 0 saturated heterocycles. The zero-order chi connectivity index (χ0) is 16.1. The topological polar surface area (TPSA) is 72.2 Å². The summed E-state index contributed by atoms with van der Waals surface area (Å²) in [5, 5.41) is 2.97. The number of carbonyl (C=O) groups is 2. The summed E-state index contributed by atoms with van der Waals surface area (Å²) in [7, 11) is 0.